The fraction of sp³-hybridized carbons (Fsp3) is 0.167. The Hall–Kier alpha value is -2.05. The summed E-state index contributed by atoms with van der Waals surface area (Å²) in [6.45, 7) is 0.563. The van der Waals surface area contributed by atoms with E-state index in [2.05, 4.69) is 6.07 Å². The van der Waals surface area contributed by atoms with Crippen molar-refractivity contribution in [2.24, 2.45) is 0 Å². The molecule has 1 aromatic carbocycles. The van der Waals surface area contributed by atoms with Gasteiger partial charge in [-0.05, 0) is 53.1 Å². The lowest BCUT2D eigenvalue weighted by molar-refractivity contribution is 0.0698. The zero-order valence-electron chi connectivity index (χ0n) is 12.5. The van der Waals surface area contributed by atoms with E-state index >= 15 is 0 Å². The summed E-state index contributed by atoms with van der Waals surface area (Å²) in [7, 11) is 0. The van der Waals surface area contributed by atoms with Crippen LogP contribution in [0, 0.1) is 11.6 Å². The second-order valence-electron chi connectivity index (χ2n) is 5.59. The Labute approximate surface area is 146 Å². The minimum absolute atomic E-state index is 0.166. The summed E-state index contributed by atoms with van der Waals surface area (Å²) < 4.78 is 26.7. The first kappa shape index (κ1) is 15.5. The molecule has 1 atom stereocenters. The third-order valence-electron chi connectivity index (χ3n) is 4.21. The number of nitrogens with zero attached hydrogens (tertiary/aromatic N) is 1. The molecule has 0 radical (unpaired) electrons. The number of thiophene rings is 2. The van der Waals surface area contributed by atoms with E-state index in [4.69, 9.17) is 0 Å². The molecule has 3 aromatic rings. The predicted molar refractivity (Wildman–Crippen MR) is 91.6 cm³/mol. The maximum absolute atomic E-state index is 13.5. The number of carbonyl (C=O) groups excluding carboxylic acids is 1. The smallest absolute Gasteiger partial charge is 0.254 e. The van der Waals surface area contributed by atoms with Gasteiger partial charge in [-0.1, -0.05) is 6.07 Å². The Morgan fingerprint density at radius 2 is 1.96 bits per heavy atom. The zero-order chi connectivity index (χ0) is 16.7. The number of benzene rings is 1. The number of hydrogen-bond acceptors (Lipinski definition) is 3. The molecule has 0 N–H and O–H groups in total. The average Bonchev–Trinajstić information content (AvgIpc) is 3.26. The molecule has 0 saturated carbocycles. The van der Waals surface area contributed by atoms with Crippen molar-refractivity contribution < 1.29 is 13.6 Å². The SMILES string of the molecule is O=C(c1ccc(F)c(F)c1)N1CCc2sccc2[C@@H]1c1cccs1. The third-order valence-corrected chi connectivity index (χ3v) is 6.13. The number of hydrogen-bond donors (Lipinski definition) is 0. The van der Waals surface area contributed by atoms with Crippen LogP contribution in [0.1, 0.15) is 31.7 Å². The Morgan fingerprint density at radius 1 is 1.08 bits per heavy atom. The molecular formula is C18H13F2NOS2. The standard InChI is InChI=1S/C18H13F2NOS2/c19-13-4-3-11(10-14(13)20)18(22)21-7-5-15-12(6-9-24-15)17(21)16-2-1-8-23-16/h1-4,6,8-10,17H,5,7H2/t17-/m1/s1. The van der Waals surface area contributed by atoms with Crippen LogP contribution < -0.4 is 0 Å². The van der Waals surface area contributed by atoms with E-state index in [1.807, 2.05) is 22.9 Å². The van der Waals surface area contributed by atoms with Crippen LogP contribution in [0.4, 0.5) is 8.78 Å². The number of amides is 1. The fourth-order valence-corrected chi connectivity index (χ4v) is 4.84. The Balaban J connectivity index is 1.76. The molecule has 0 unspecified atom stereocenters. The fourth-order valence-electron chi connectivity index (χ4n) is 3.08. The summed E-state index contributed by atoms with van der Waals surface area (Å²) >= 11 is 3.29. The van der Waals surface area contributed by atoms with Gasteiger partial charge in [0.2, 0.25) is 0 Å². The minimum atomic E-state index is -0.998. The van der Waals surface area contributed by atoms with E-state index in [0.29, 0.717) is 6.54 Å². The second kappa shape index (κ2) is 6.11. The highest BCUT2D eigenvalue weighted by molar-refractivity contribution is 7.10. The van der Waals surface area contributed by atoms with Crippen molar-refractivity contribution in [1.82, 2.24) is 4.90 Å². The first-order chi connectivity index (χ1) is 11.6. The summed E-state index contributed by atoms with van der Waals surface area (Å²) in [6, 6.07) is 9.18. The van der Waals surface area contributed by atoms with Gasteiger partial charge >= 0.3 is 0 Å². The van der Waals surface area contributed by atoms with Crippen LogP contribution in [-0.4, -0.2) is 17.4 Å². The van der Waals surface area contributed by atoms with Gasteiger partial charge in [0.05, 0.1) is 6.04 Å². The van der Waals surface area contributed by atoms with Gasteiger partial charge in [0.1, 0.15) is 0 Å². The normalized spacial score (nSPS) is 16.9. The van der Waals surface area contributed by atoms with E-state index < -0.39 is 11.6 Å². The lowest BCUT2D eigenvalue weighted by atomic mass is 9.97. The van der Waals surface area contributed by atoms with E-state index in [1.54, 1.807) is 27.6 Å². The number of rotatable bonds is 2. The van der Waals surface area contributed by atoms with Gasteiger partial charge < -0.3 is 4.90 Å². The molecular weight excluding hydrogens is 348 g/mol. The highest BCUT2D eigenvalue weighted by Gasteiger charge is 2.34. The molecule has 0 aliphatic carbocycles. The quantitative estimate of drug-likeness (QED) is 0.637. The van der Waals surface area contributed by atoms with Gasteiger partial charge in [-0.25, -0.2) is 8.78 Å². The van der Waals surface area contributed by atoms with E-state index in [0.717, 1.165) is 29.0 Å². The first-order valence-corrected chi connectivity index (χ1v) is 9.27. The van der Waals surface area contributed by atoms with Crippen LogP contribution in [0.5, 0.6) is 0 Å². The number of halogens is 2. The highest BCUT2D eigenvalue weighted by atomic mass is 32.1. The van der Waals surface area contributed by atoms with E-state index in [-0.39, 0.29) is 17.5 Å². The maximum atomic E-state index is 13.5. The van der Waals surface area contributed by atoms with Crippen molar-refractivity contribution in [2.45, 2.75) is 12.5 Å². The van der Waals surface area contributed by atoms with Gasteiger partial charge in [0, 0.05) is 21.9 Å². The summed E-state index contributed by atoms with van der Waals surface area (Å²) in [6.07, 6.45) is 0.782. The number of fused-ring (bicyclic) bond motifs is 1. The van der Waals surface area contributed by atoms with Crippen molar-refractivity contribution in [1.29, 1.82) is 0 Å². The van der Waals surface area contributed by atoms with E-state index in [9.17, 15) is 13.6 Å². The largest absolute Gasteiger partial charge is 0.326 e. The van der Waals surface area contributed by atoms with Gasteiger partial charge in [0.25, 0.3) is 5.91 Å². The average molecular weight is 361 g/mol. The first-order valence-electron chi connectivity index (χ1n) is 7.51. The van der Waals surface area contributed by atoms with Crippen LogP contribution in [0.25, 0.3) is 0 Å². The molecule has 0 bridgehead atoms. The topological polar surface area (TPSA) is 20.3 Å². The summed E-state index contributed by atoms with van der Waals surface area (Å²) in [4.78, 5) is 17.1. The number of carbonyl (C=O) groups is 1. The molecule has 2 nitrogen and oxygen atoms in total. The molecule has 3 heterocycles. The summed E-state index contributed by atoms with van der Waals surface area (Å²) in [5.41, 5.74) is 1.30. The molecule has 6 heteroatoms. The van der Waals surface area contributed by atoms with Gasteiger partial charge in [0.15, 0.2) is 11.6 Å². The molecule has 1 aliphatic heterocycles. The van der Waals surface area contributed by atoms with Crippen LogP contribution in [0.2, 0.25) is 0 Å². The van der Waals surface area contributed by atoms with Crippen molar-refractivity contribution in [3.63, 3.8) is 0 Å². The van der Waals surface area contributed by atoms with Crippen LogP contribution in [0.3, 0.4) is 0 Å². The van der Waals surface area contributed by atoms with Crippen molar-refractivity contribution >= 4 is 28.6 Å². The highest BCUT2D eigenvalue weighted by Crippen LogP contribution is 2.40. The Bertz CT molecular complexity index is 888. The van der Waals surface area contributed by atoms with Crippen molar-refractivity contribution in [3.8, 4) is 0 Å². The van der Waals surface area contributed by atoms with Crippen LogP contribution in [-0.2, 0) is 6.42 Å². The third kappa shape index (κ3) is 2.56. The van der Waals surface area contributed by atoms with Gasteiger partial charge in [-0.2, -0.15) is 0 Å². The predicted octanol–water partition coefficient (Wildman–Crippen LogP) is 4.88. The lowest BCUT2D eigenvalue weighted by Gasteiger charge is -2.35. The zero-order valence-corrected chi connectivity index (χ0v) is 14.2. The monoisotopic (exact) mass is 361 g/mol. The molecule has 122 valence electrons. The Kier molecular flexibility index (Phi) is 3.94. The maximum Gasteiger partial charge on any atom is 0.254 e. The molecule has 4 rings (SSSR count). The summed E-state index contributed by atoms with van der Waals surface area (Å²) in [5, 5.41) is 4.02. The van der Waals surface area contributed by atoms with Crippen molar-refractivity contribution in [2.75, 3.05) is 6.54 Å². The second-order valence-corrected chi connectivity index (χ2v) is 7.57. The molecule has 0 saturated heterocycles. The molecule has 0 spiro atoms. The molecule has 1 amide bonds. The van der Waals surface area contributed by atoms with Crippen LogP contribution >= 0.6 is 22.7 Å². The summed E-state index contributed by atoms with van der Waals surface area (Å²) in [5.74, 6) is -2.22. The van der Waals surface area contributed by atoms with Crippen LogP contribution in [0.15, 0.2) is 47.2 Å². The molecule has 2 aromatic heterocycles. The van der Waals surface area contributed by atoms with Gasteiger partial charge in [-0.3, -0.25) is 4.79 Å². The molecule has 0 fully saturated rings. The molecule has 24 heavy (non-hydrogen) atoms. The Morgan fingerprint density at radius 3 is 2.71 bits per heavy atom. The van der Waals surface area contributed by atoms with E-state index in [1.165, 1.54) is 10.9 Å². The van der Waals surface area contributed by atoms with Crippen molar-refractivity contribution in [3.05, 3.63) is 79.7 Å². The lowest BCUT2D eigenvalue weighted by Crippen LogP contribution is -2.39. The molecule has 1 aliphatic rings. The van der Waals surface area contributed by atoms with Gasteiger partial charge in [-0.15, -0.1) is 22.7 Å². The minimum Gasteiger partial charge on any atom is -0.326 e.